The molecule has 88 valence electrons. The molecule has 0 bridgehead atoms. The predicted molar refractivity (Wildman–Crippen MR) is 74.7 cm³/mol. The molecule has 0 aromatic heterocycles. The number of hydrogen-bond donors (Lipinski definition) is 2. The number of rotatable bonds is 2. The number of carbonyl (C=O) groups excluding carboxylic acids is 1. The standard InChI is InChI=1S/C13H12O2S2/c14-10-6-9(8-4-2-1-3-5-8)7-11(15)12(10)13(16)17/h1-5,9,14H,6-7H2,(H,16,17). The van der Waals surface area contributed by atoms with Gasteiger partial charge in [0.05, 0.1) is 9.77 Å². The number of Topliss-reactive ketones (excluding diaryl/α,β-unsaturated/α-hetero) is 1. The molecule has 0 saturated heterocycles. The Bertz CT molecular complexity index is 491. The summed E-state index contributed by atoms with van der Waals surface area (Å²) in [5, 5.41) is 9.86. The topological polar surface area (TPSA) is 37.3 Å². The molecule has 0 fully saturated rings. The molecule has 0 spiro atoms. The van der Waals surface area contributed by atoms with Gasteiger partial charge in [-0.3, -0.25) is 4.79 Å². The zero-order valence-corrected chi connectivity index (χ0v) is 10.8. The normalized spacial score (nSPS) is 20.5. The Hall–Kier alpha value is -1.13. The number of thiocarbonyl (C=S) groups is 1. The largest absolute Gasteiger partial charge is 0.511 e. The average molecular weight is 264 g/mol. The highest BCUT2D eigenvalue weighted by Gasteiger charge is 2.29. The molecular formula is C13H12O2S2. The summed E-state index contributed by atoms with van der Waals surface area (Å²) < 4.78 is 0.180. The molecule has 1 aromatic carbocycles. The Kier molecular flexibility index (Phi) is 3.64. The van der Waals surface area contributed by atoms with Gasteiger partial charge in [-0.05, 0) is 11.5 Å². The fraction of sp³-hybridized carbons (Fsp3) is 0.231. The third kappa shape index (κ3) is 2.58. The quantitative estimate of drug-likeness (QED) is 0.636. The Morgan fingerprint density at radius 2 is 1.94 bits per heavy atom. The van der Waals surface area contributed by atoms with Crippen LogP contribution in [0.1, 0.15) is 24.3 Å². The van der Waals surface area contributed by atoms with Crippen LogP contribution in [0.3, 0.4) is 0 Å². The van der Waals surface area contributed by atoms with Gasteiger partial charge in [0.1, 0.15) is 5.76 Å². The summed E-state index contributed by atoms with van der Waals surface area (Å²) in [6.07, 6.45) is 0.829. The Balaban J connectivity index is 2.30. The van der Waals surface area contributed by atoms with Crippen LogP contribution < -0.4 is 0 Å². The lowest BCUT2D eigenvalue weighted by Gasteiger charge is -2.23. The first kappa shape index (κ1) is 12.3. The van der Waals surface area contributed by atoms with E-state index in [9.17, 15) is 9.90 Å². The van der Waals surface area contributed by atoms with Crippen molar-refractivity contribution in [2.24, 2.45) is 0 Å². The summed E-state index contributed by atoms with van der Waals surface area (Å²) in [7, 11) is 0. The second-order valence-electron chi connectivity index (χ2n) is 4.07. The van der Waals surface area contributed by atoms with E-state index >= 15 is 0 Å². The third-order valence-electron chi connectivity index (χ3n) is 2.92. The number of ketones is 1. The van der Waals surface area contributed by atoms with Crippen LogP contribution in [0.2, 0.25) is 0 Å². The predicted octanol–water partition coefficient (Wildman–Crippen LogP) is 3.20. The minimum Gasteiger partial charge on any atom is -0.511 e. The van der Waals surface area contributed by atoms with Gasteiger partial charge in [-0.1, -0.05) is 42.5 Å². The molecule has 0 heterocycles. The van der Waals surface area contributed by atoms with Crippen molar-refractivity contribution in [2.75, 3.05) is 0 Å². The molecule has 1 unspecified atom stereocenters. The number of hydrogen-bond acceptors (Lipinski definition) is 3. The number of carbonyl (C=O) groups is 1. The van der Waals surface area contributed by atoms with Gasteiger partial charge >= 0.3 is 0 Å². The second kappa shape index (κ2) is 5.02. The number of allylic oxidation sites excluding steroid dienone is 1. The van der Waals surface area contributed by atoms with Gasteiger partial charge in [-0.2, -0.15) is 0 Å². The number of aliphatic hydroxyl groups excluding tert-OH is 1. The van der Waals surface area contributed by atoms with E-state index in [1.165, 1.54) is 0 Å². The molecular weight excluding hydrogens is 252 g/mol. The van der Waals surface area contributed by atoms with Crippen molar-refractivity contribution in [1.82, 2.24) is 0 Å². The van der Waals surface area contributed by atoms with E-state index in [0.29, 0.717) is 12.8 Å². The van der Waals surface area contributed by atoms with E-state index in [2.05, 4.69) is 12.6 Å². The van der Waals surface area contributed by atoms with Gasteiger partial charge < -0.3 is 5.11 Å². The van der Waals surface area contributed by atoms with Gasteiger partial charge in [0, 0.05) is 12.8 Å². The van der Waals surface area contributed by atoms with Crippen LogP contribution in [0.5, 0.6) is 0 Å². The van der Waals surface area contributed by atoms with Crippen molar-refractivity contribution in [3.63, 3.8) is 0 Å². The number of thiol groups is 1. The molecule has 1 aromatic rings. The number of aliphatic hydroxyl groups is 1. The average Bonchev–Trinajstić information content (AvgIpc) is 2.28. The van der Waals surface area contributed by atoms with Gasteiger partial charge in [-0.25, -0.2) is 0 Å². The molecule has 2 rings (SSSR count). The minimum atomic E-state index is -0.123. The van der Waals surface area contributed by atoms with Crippen LogP contribution >= 0.6 is 24.8 Å². The van der Waals surface area contributed by atoms with Crippen molar-refractivity contribution in [1.29, 1.82) is 0 Å². The summed E-state index contributed by atoms with van der Waals surface area (Å²) in [4.78, 5) is 11.9. The van der Waals surface area contributed by atoms with Gasteiger partial charge in [0.25, 0.3) is 0 Å². The van der Waals surface area contributed by atoms with Crippen molar-refractivity contribution in [2.45, 2.75) is 18.8 Å². The van der Waals surface area contributed by atoms with Crippen LogP contribution in [-0.4, -0.2) is 15.1 Å². The monoisotopic (exact) mass is 264 g/mol. The van der Waals surface area contributed by atoms with Crippen LogP contribution in [0.15, 0.2) is 41.7 Å². The van der Waals surface area contributed by atoms with E-state index in [4.69, 9.17) is 12.2 Å². The molecule has 0 saturated carbocycles. The fourth-order valence-corrected chi connectivity index (χ4v) is 2.58. The van der Waals surface area contributed by atoms with Crippen molar-refractivity contribution in [3.8, 4) is 0 Å². The van der Waals surface area contributed by atoms with Crippen molar-refractivity contribution >= 4 is 34.8 Å². The molecule has 0 amide bonds. The Labute approximate surface area is 111 Å². The van der Waals surface area contributed by atoms with Crippen LogP contribution in [0, 0.1) is 0 Å². The molecule has 17 heavy (non-hydrogen) atoms. The maximum Gasteiger partial charge on any atom is 0.168 e. The number of benzene rings is 1. The SMILES string of the molecule is O=C1CC(c2ccccc2)CC(O)=C1C(=S)S. The van der Waals surface area contributed by atoms with Gasteiger partial charge in [0.15, 0.2) is 5.78 Å². The maximum atomic E-state index is 11.9. The summed E-state index contributed by atoms with van der Waals surface area (Å²) >= 11 is 8.82. The Morgan fingerprint density at radius 1 is 1.29 bits per heavy atom. The lowest BCUT2D eigenvalue weighted by Crippen LogP contribution is -2.20. The van der Waals surface area contributed by atoms with Crippen LogP contribution in [-0.2, 0) is 4.79 Å². The lowest BCUT2D eigenvalue weighted by molar-refractivity contribution is -0.116. The first-order valence-electron chi connectivity index (χ1n) is 5.33. The molecule has 2 nitrogen and oxygen atoms in total. The molecule has 4 heteroatoms. The van der Waals surface area contributed by atoms with E-state index in [1.807, 2.05) is 30.3 Å². The molecule has 1 atom stereocenters. The van der Waals surface area contributed by atoms with E-state index < -0.39 is 0 Å². The lowest BCUT2D eigenvalue weighted by atomic mass is 9.83. The highest BCUT2D eigenvalue weighted by atomic mass is 32.1. The first-order valence-corrected chi connectivity index (χ1v) is 6.18. The van der Waals surface area contributed by atoms with Crippen LogP contribution in [0.25, 0.3) is 0 Å². The van der Waals surface area contributed by atoms with Crippen molar-refractivity contribution in [3.05, 3.63) is 47.2 Å². The zero-order chi connectivity index (χ0) is 12.4. The maximum absolute atomic E-state index is 11.9. The van der Waals surface area contributed by atoms with Gasteiger partial charge in [-0.15, -0.1) is 12.6 Å². The van der Waals surface area contributed by atoms with Crippen LogP contribution in [0.4, 0.5) is 0 Å². The molecule has 1 aliphatic carbocycles. The highest BCUT2D eigenvalue weighted by molar-refractivity contribution is 8.12. The van der Waals surface area contributed by atoms with E-state index in [0.717, 1.165) is 5.56 Å². The summed E-state index contributed by atoms with van der Waals surface area (Å²) in [6.45, 7) is 0. The fourth-order valence-electron chi connectivity index (χ4n) is 2.10. The third-order valence-corrected chi connectivity index (χ3v) is 3.35. The molecule has 0 radical (unpaired) electrons. The molecule has 1 N–H and O–H groups in total. The summed E-state index contributed by atoms with van der Waals surface area (Å²) in [5.74, 6) is -0.0205. The second-order valence-corrected chi connectivity index (χ2v) is 5.22. The van der Waals surface area contributed by atoms with Gasteiger partial charge in [0.2, 0.25) is 0 Å². The minimum absolute atomic E-state index is 0.0372. The zero-order valence-electron chi connectivity index (χ0n) is 9.09. The van der Waals surface area contributed by atoms with E-state index in [1.54, 1.807) is 0 Å². The smallest absolute Gasteiger partial charge is 0.168 e. The molecule has 0 aliphatic heterocycles. The van der Waals surface area contributed by atoms with E-state index in [-0.39, 0.29) is 27.2 Å². The highest BCUT2D eigenvalue weighted by Crippen LogP contribution is 2.34. The molecule has 1 aliphatic rings. The first-order chi connectivity index (χ1) is 8.09. The summed E-state index contributed by atoms with van der Waals surface area (Å²) in [6, 6.07) is 9.72. The van der Waals surface area contributed by atoms with Crippen molar-refractivity contribution < 1.29 is 9.90 Å². The Morgan fingerprint density at radius 3 is 2.47 bits per heavy atom. The summed E-state index contributed by atoms with van der Waals surface area (Å²) in [5.41, 5.74) is 1.28.